The number of amidine groups is 1. The summed E-state index contributed by atoms with van der Waals surface area (Å²) >= 11 is 0. The lowest BCUT2D eigenvalue weighted by Crippen LogP contribution is -2.34. The topological polar surface area (TPSA) is 95.9 Å². The molecule has 4 heterocycles. The van der Waals surface area contributed by atoms with Gasteiger partial charge in [-0.25, -0.2) is 9.98 Å². The van der Waals surface area contributed by atoms with E-state index in [9.17, 15) is 0 Å². The first-order chi connectivity index (χ1) is 17.6. The molecule has 0 bridgehead atoms. The summed E-state index contributed by atoms with van der Waals surface area (Å²) in [5, 5.41) is 1.88. The number of nitrogens with zero attached hydrogens (tertiary/aromatic N) is 4. The molecule has 0 atom stereocenters. The third-order valence-electron chi connectivity index (χ3n) is 7.05. The SMILES string of the molecule is C=C(c1oc2ncc(CN(C)CC3CC3)cc2c1N=C(N)c1cccc2[nH]ccc12)N1CCOCC1. The molecule has 0 radical (unpaired) electrons. The summed E-state index contributed by atoms with van der Waals surface area (Å²) in [5.74, 6) is 1.86. The fourth-order valence-electron chi connectivity index (χ4n) is 4.99. The van der Waals surface area contributed by atoms with E-state index >= 15 is 0 Å². The standard InChI is InChI=1S/C28H32N6O2/c1-18(34-10-12-35-13-11-34)26-25(32-27(29)22-4-3-5-24-21(22)8-9-30-24)23-14-20(15-31-28(23)36-26)17-33(2)16-19-6-7-19/h3-5,8-9,14-15,19,30H,1,6-7,10-13,16-17H2,2H3,(H2,29,32). The first-order valence-corrected chi connectivity index (χ1v) is 12.6. The predicted octanol–water partition coefficient (Wildman–Crippen LogP) is 4.49. The van der Waals surface area contributed by atoms with E-state index in [1.807, 2.05) is 36.7 Å². The minimum Gasteiger partial charge on any atom is -0.434 e. The molecule has 8 heteroatoms. The van der Waals surface area contributed by atoms with Crippen molar-refractivity contribution in [2.75, 3.05) is 39.9 Å². The van der Waals surface area contributed by atoms with E-state index in [-0.39, 0.29) is 0 Å². The number of hydrogen-bond acceptors (Lipinski definition) is 6. The highest BCUT2D eigenvalue weighted by Gasteiger charge is 2.25. The number of benzene rings is 1. The van der Waals surface area contributed by atoms with Crippen LogP contribution in [0.4, 0.5) is 5.69 Å². The number of aliphatic imine (C=N–C) groups is 1. The largest absolute Gasteiger partial charge is 0.434 e. The molecule has 1 saturated heterocycles. The summed E-state index contributed by atoms with van der Waals surface area (Å²) < 4.78 is 11.8. The highest BCUT2D eigenvalue weighted by atomic mass is 16.5. The van der Waals surface area contributed by atoms with Crippen LogP contribution in [0.1, 0.15) is 29.7 Å². The van der Waals surface area contributed by atoms with Crippen molar-refractivity contribution in [3.05, 3.63) is 66.2 Å². The van der Waals surface area contributed by atoms with Gasteiger partial charge in [0.05, 0.1) is 24.3 Å². The second-order valence-electron chi connectivity index (χ2n) is 9.90. The van der Waals surface area contributed by atoms with Gasteiger partial charge < -0.3 is 29.7 Å². The summed E-state index contributed by atoms with van der Waals surface area (Å²) in [6.45, 7) is 9.12. The molecule has 1 aromatic carbocycles. The number of pyridine rings is 1. The van der Waals surface area contributed by atoms with Crippen LogP contribution in [0, 0.1) is 5.92 Å². The van der Waals surface area contributed by atoms with Crippen LogP contribution in [0.2, 0.25) is 0 Å². The van der Waals surface area contributed by atoms with Gasteiger partial charge in [-0.2, -0.15) is 0 Å². The molecule has 8 nitrogen and oxygen atoms in total. The number of rotatable bonds is 8. The number of aromatic amines is 1. The number of ether oxygens (including phenoxy) is 1. The molecule has 1 aliphatic carbocycles. The Kier molecular flexibility index (Phi) is 5.99. The van der Waals surface area contributed by atoms with E-state index < -0.39 is 0 Å². The van der Waals surface area contributed by atoms with Crippen molar-refractivity contribution in [3.63, 3.8) is 0 Å². The van der Waals surface area contributed by atoms with Crippen molar-refractivity contribution in [2.24, 2.45) is 16.6 Å². The van der Waals surface area contributed by atoms with E-state index in [0.717, 1.165) is 65.2 Å². The first-order valence-electron chi connectivity index (χ1n) is 12.6. The van der Waals surface area contributed by atoms with Crippen LogP contribution in [-0.2, 0) is 11.3 Å². The Hall–Kier alpha value is -3.62. The third-order valence-corrected chi connectivity index (χ3v) is 7.05. The molecule has 0 unspecified atom stereocenters. The molecule has 0 amide bonds. The van der Waals surface area contributed by atoms with Gasteiger partial charge in [-0.3, -0.25) is 0 Å². The predicted molar refractivity (Wildman–Crippen MR) is 143 cm³/mol. The van der Waals surface area contributed by atoms with Crippen LogP contribution < -0.4 is 5.73 Å². The zero-order valence-corrected chi connectivity index (χ0v) is 20.7. The second-order valence-corrected chi connectivity index (χ2v) is 9.90. The Balaban J connectivity index is 1.43. The average Bonchev–Trinajstić information content (AvgIpc) is 3.44. The van der Waals surface area contributed by atoms with Crippen molar-refractivity contribution >= 4 is 39.2 Å². The van der Waals surface area contributed by atoms with Crippen LogP contribution in [-0.4, -0.2) is 65.5 Å². The monoisotopic (exact) mass is 484 g/mol. The normalized spacial score (nSPS) is 16.9. The number of H-pyrrole nitrogens is 1. The Morgan fingerprint density at radius 2 is 2.08 bits per heavy atom. The molecule has 3 N–H and O–H groups in total. The van der Waals surface area contributed by atoms with Gasteiger partial charge in [-0.05, 0) is 49.6 Å². The van der Waals surface area contributed by atoms with E-state index in [4.69, 9.17) is 19.9 Å². The number of hydrogen-bond donors (Lipinski definition) is 2. The number of furan rings is 1. The van der Waals surface area contributed by atoms with Gasteiger partial charge in [0.15, 0.2) is 5.76 Å². The molecule has 36 heavy (non-hydrogen) atoms. The Morgan fingerprint density at radius 3 is 2.89 bits per heavy atom. The first kappa shape index (κ1) is 22.8. The van der Waals surface area contributed by atoms with E-state index in [1.165, 1.54) is 12.8 Å². The lowest BCUT2D eigenvalue weighted by molar-refractivity contribution is 0.0635. The zero-order chi connectivity index (χ0) is 24.6. The Labute approximate surface area is 210 Å². The van der Waals surface area contributed by atoms with Crippen molar-refractivity contribution in [2.45, 2.75) is 19.4 Å². The molecule has 0 spiro atoms. The van der Waals surface area contributed by atoms with Gasteiger partial charge in [0, 0.05) is 55.0 Å². The number of morpholine rings is 1. The van der Waals surface area contributed by atoms with Crippen LogP contribution in [0.15, 0.2) is 58.7 Å². The van der Waals surface area contributed by atoms with E-state index in [0.29, 0.717) is 36.2 Å². The minimum atomic E-state index is 0.426. The van der Waals surface area contributed by atoms with Gasteiger partial charge in [0.25, 0.3) is 0 Å². The summed E-state index contributed by atoms with van der Waals surface area (Å²) in [5.41, 5.74) is 11.6. The third kappa shape index (κ3) is 4.50. The molecule has 1 aliphatic heterocycles. The second kappa shape index (κ2) is 9.44. The lowest BCUT2D eigenvalue weighted by atomic mass is 10.1. The average molecular weight is 485 g/mol. The maximum Gasteiger partial charge on any atom is 0.229 e. The fourth-order valence-corrected chi connectivity index (χ4v) is 4.99. The fraction of sp³-hybridized carbons (Fsp3) is 0.357. The Bertz CT molecular complexity index is 1440. The van der Waals surface area contributed by atoms with E-state index in [2.05, 4.69) is 39.5 Å². The summed E-state index contributed by atoms with van der Waals surface area (Å²) in [6.07, 6.45) is 6.48. The molecule has 1 saturated carbocycles. The van der Waals surface area contributed by atoms with Gasteiger partial charge in [-0.1, -0.05) is 18.7 Å². The van der Waals surface area contributed by atoms with Crippen LogP contribution in [0.25, 0.3) is 27.7 Å². The lowest BCUT2D eigenvalue weighted by Gasteiger charge is -2.29. The van der Waals surface area contributed by atoms with Gasteiger partial charge in [0.1, 0.15) is 11.5 Å². The van der Waals surface area contributed by atoms with Crippen molar-refractivity contribution in [3.8, 4) is 0 Å². The molecule has 6 rings (SSSR count). The van der Waals surface area contributed by atoms with Crippen LogP contribution in [0.3, 0.4) is 0 Å². The number of aromatic nitrogens is 2. The number of fused-ring (bicyclic) bond motifs is 2. The zero-order valence-electron chi connectivity index (χ0n) is 20.7. The maximum atomic E-state index is 6.63. The number of nitrogens with one attached hydrogen (secondary N) is 1. The molecule has 4 aromatic rings. The van der Waals surface area contributed by atoms with Crippen molar-refractivity contribution < 1.29 is 9.15 Å². The quantitative estimate of drug-likeness (QED) is 0.283. The maximum absolute atomic E-state index is 6.63. The van der Waals surface area contributed by atoms with Crippen LogP contribution >= 0.6 is 0 Å². The van der Waals surface area contributed by atoms with Gasteiger partial charge in [-0.15, -0.1) is 0 Å². The molecule has 186 valence electrons. The summed E-state index contributed by atoms with van der Waals surface area (Å²) in [6, 6.07) is 10.1. The van der Waals surface area contributed by atoms with Gasteiger partial charge >= 0.3 is 0 Å². The van der Waals surface area contributed by atoms with Crippen molar-refractivity contribution in [1.82, 2.24) is 19.8 Å². The van der Waals surface area contributed by atoms with Crippen molar-refractivity contribution in [1.29, 1.82) is 0 Å². The highest BCUT2D eigenvalue weighted by Crippen LogP contribution is 2.39. The Morgan fingerprint density at radius 1 is 1.25 bits per heavy atom. The minimum absolute atomic E-state index is 0.426. The summed E-state index contributed by atoms with van der Waals surface area (Å²) in [7, 11) is 2.16. The molecular formula is C28H32N6O2. The molecular weight excluding hydrogens is 452 g/mol. The molecule has 2 fully saturated rings. The van der Waals surface area contributed by atoms with E-state index in [1.54, 1.807) is 0 Å². The summed E-state index contributed by atoms with van der Waals surface area (Å²) in [4.78, 5) is 17.4. The van der Waals surface area contributed by atoms with Gasteiger partial charge in [0.2, 0.25) is 5.71 Å². The highest BCUT2D eigenvalue weighted by molar-refractivity contribution is 6.10. The van der Waals surface area contributed by atoms with Crippen LogP contribution in [0.5, 0.6) is 0 Å². The number of nitrogens with two attached hydrogens (primary N) is 1. The molecule has 2 aliphatic rings. The smallest absolute Gasteiger partial charge is 0.229 e. The molecule has 3 aromatic heterocycles.